The van der Waals surface area contributed by atoms with Crippen LogP contribution in [0.2, 0.25) is 0 Å². The first-order valence-corrected chi connectivity index (χ1v) is 7.14. The Hall–Kier alpha value is -1.36. The van der Waals surface area contributed by atoms with E-state index in [9.17, 15) is 0 Å². The summed E-state index contributed by atoms with van der Waals surface area (Å²) in [5, 5.41) is 8.73. The van der Waals surface area contributed by atoms with Crippen LogP contribution in [0, 0.1) is 5.92 Å². The Labute approximate surface area is 114 Å². The molecule has 5 heteroatoms. The number of aliphatic hydroxyl groups is 1. The number of nitrogens with zero attached hydrogens (tertiary/aromatic N) is 3. The lowest BCUT2D eigenvalue weighted by Crippen LogP contribution is -2.34. The molecule has 0 spiro atoms. The van der Waals surface area contributed by atoms with Crippen LogP contribution < -0.4 is 9.64 Å². The van der Waals surface area contributed by atoms with Gasteiger partial charge in [0.15, 0.2) is 5.82 Å². The lowest BCUT2D eigenvalue weighted by atomic mass is 9.94. The molecule has 0 unspecified atom stereocenters. The number of anilines is 1. The second-order valence-corrected chi connectivity index (χ2v) is 4.98. The van der Waals surface area contributed by atoms with Gasteiger partial charge in [0.2, 0.25) is 5.88 Å². The summed E-state index contributed by atoms with van der Waals surface area (Å²) >= 11 is 0. The monoisotopic (exact) mass is 265 g/mol. The van der Waals surface area contributed by atoms with Crippen molar-refractivity contribution in [2.75, 3.05) is 31.2 Å². The van der Waals surface area contributed by atoms with Crippen molar-refractivity contribution in [2.24, 2.45) is 5.92 Å². The summed E-state index contributed by atoms with van der Waals surface area (Å²) in [6, 6.07) is 0. The molecule has 1 aliphatic heterocycles. The molecule has 0 aliphatic carbocycles. The van der Waals surface area contributed by atoms with E-state index in [1.54, 1.807) is 12.4 Å². The van der Waals surface area contributed by atoms with Gasteiger partial charge in [0, 0.05) is 26.1 Å². The molecule has 1 fully saturated rings. The minimum absolute atomic E-state index is 0.137. The van der Waals surface area contributed by atoms with Gasteiger partial charge in [0.05, 0.1) is 19.0 Å². The van der Waals surface area contributed by atoms with E-state index in [1.807, 2.05) is 0 Å². The van der Waals surface area contributed by atoms with Crippen molar-refractivity contribution in [3.05, 3.63) is 12.4 Å². The quantitative estimate of drug-likeness (QED) is 0.796. The van der Waals surface area contributed by atoms with Crippen LogP contribution in [-0.2, 0) is 0 Å². The molecule has 1 aromatic rings. The van der Waals surface area contributed by atoms with E-state index in [1.165, 1.54) is 19.3 Å². The standard InChI is InChI=1S/C14H23N3O2/c1-2-12-4-6-17(7-5-12)13-10-15-11-14(16-13)19-9-3-8-18/h10-12,18H,2-9H2,1H3. The number of aromatic nitrogens is 2. The topological polar surface area (TPSA) is 58.5 Å². The Kier molecular flexibility index (Phi) is 5.39. The molecule has 0 bridgehead atoms. The van der Waals surface area contributed by atoms with Gasteiger partial charge in [-0.3, -0.25) is 4.98 Å². The average Bonchev–Trinajstić information content (AvgIpc) is 2.48. The largest absolute Gasteiger partial charge is 0.476 e. The molecular weight excluding hydrogens is 242 g/mol. The zero-order chi connectivity index (χ0) is 13.5. The molecule has 0 saturated carbocycles. The van der Waals surface area contributed by atoms with E-state index in [0.29, 0.717) is 18.9 Å². The van der Waals surface area contributed by atoms with Crippen molar-refractivity contribution in [3.63, 3.8) is 0 Å². The molecule has 0 amide bonds. The van der Waals surface area contributed by atoms with Crippen LogP contribution in [0.1, 0.15) is 32.6 Å². The summed E-state index contributed by atoms with van der Waals surface area (Å²) in [6.45, 7) is 4.97. The number of piperidine rings is 1. The molecule has 0 aromatic carbocycles. The van der Waals surface area contributed by atoms with Crippen molar-refractivity contribution in [1.82, 2.24) is 9.97 Å². The van der Waals surface area contributed by atoms with Crippen molar-refractivity contribution in [2.45, 2.75) is 32.6 Å². The van der Waals surface area contributed by atoms with Gasteiger partial charge in [-0.05, 0) is 18.8 Å². The number of hydrogen-bond acceptors (Lipinski definition) is 5. The zero-order valence-corrected chi connectivity index (χ0v) is 11.6. The molecule has 19 heavy (non-hydrogen) atoms. The highest BCUT2D eigenvalue weighted by Gasteiger charge is 2.19. The van der Waals surface area contributed by atoms with E-state index in [0.717, 1.165) is 24.8 Å². The summed E-state index contributed by atoms with van der Waals surface area (Å²) < 4.78 is 5.46. The lowest BCUT2D eigenvalue weighted by Gasteiger charge is -2.32. The van der Waals surface area contributed by atoms with Crippen molar-refractivity contribution in [3.8, 4) is 5.88 Å². The second-order valence-electron chi connectivity index (χ2n) is 4.98. The Balaban J connectivity index is 1.91. The summed E-state index contributed by atoms with van der Waals surface area (Å²) in [6.07, 6.45) is 7.77. The summed E-state index contributed by atoms with van der Waals surface area (Å²) in [5.41, 5.74) is 0. The molecule has 1 N–H and O–H groups in total. The Morgan fingerprint density at radius 2 is 2.16 bits per heavy atom. The highest BCUT2D eigenvalue weighted by molar-refractivity contribution is 5.37. The highest BCUT2D eigenvalue weighted by Crippen LogP contribution is 2.24. The Morgan fingerprint density at radius 1 is 1.37 bits per heavy atom. The summed E-state index contributed by atoms with van der Waals surface area (Å²) in [7, 11) is 0. The van der Waals surface area contributed by atoms with E-state index in [2.05, 4.69) is 21.8 Å². The summed E-state index contributed by atoms with van der Waals surface area (Å²) in [5.74, 6) is 2.30. The number of rotatable bonds is 6. The maximum Gasteiger partial charge on any atom is 0.234 e. The first kappa shape index (κ1) is 14.1. The second kappa shape index (κ2) is 7.28. The SMILES string of the molecule is CCC1CCN(c2cncc(OCCCO)n2)CC1. The van der Waals surface area contributed by atoms with Crippen LogP contribution in [0.3, 0.4) is 0 Å². The van der Waals surface area contributed by atoms with E-state index >= 15 is 0 Å². The number of ether oxygens (including phenoxy) is 1. The van der Waals surface area contributed by atoms with Crippen molar-refractivity contribution in [1.29, 1.82) is 0 Å². The van der Waals surface area contributed by atoms with Gasteiger partial charge in [0.1, 0.15) is 0 Å². The molecule has 0 radical (unpaired) electrons. The number of aliphatic hydroxyl groups excluding tert-OH is 1. The molecule has 106 valence electrons. The molecule has 2 rings (SSSR count). The van der Waals surface area contributed by atoms with Gasteiger partial charge in [-0.15, -0.1) is 0 Å². The fourth-order valence-electron chi connectivity index (χ4n) is 2.37. The first-order chi connectivity index (χ1) is 9.33. The normalized spacial score (nSPS) is 16.6. The smallest absolute Gasteiger partial charge is 0.234 e. The van der Waals surface area contributed by atoms with Gasteiger partial charge >= 0.3 is 0 Å². The molecule has 1 aromatic heterocycles. The minimum atomic E-state index is 0.137. The van der Waals surface area contributed by atoms with Crippen LogP contribution in [0.5, 0.6) is 5.88 Å². The van der Waals surface area contributed by atoms with Crippen LogP contribution in [0.25, 0.3) is 0 Å². The molecule has 0 atom stereocenters. The third-order valence-electron chi connectivity index (χ3n) is 3.67. The summed E-state index contributed by atoms with van der Waals surface area (Å²) in [4.78, 5) is 10.9. The van der Waals surface area contributed by atoms with E-state index in [-0.39, 0.29) is 6.61 Å². The predicted molar refractivity (Wildman–Crippen MR) is 74.5 cm³/mol. The van der Waals surface area contributed by atoms with Crippen molar-refractivity contribution < 1.29 is 9.84 Å². The highest BCUT2D eigenvalue weighted by atomic mass is 16.5. The van der Waals surface area contributed by atoms with Crippen molar-refractivity contribution >= 4 is 5.82 Å². The Morgan fingerprint density at radius 3 is 2.84 bits per heavy atom. The Bertz CT molecular complexity index is 379. The molecule has 2 heterocycles. The van der Waals surface area contributed by atoms with Gasteiger partial charge in [-0.2, -0.15) is 4.98 Å². The molecular formula is C14H23N3O2. The molecule has 5 nitrogen and oxygen atoms in total. The maximum absolute atomic E-state index is 8.73. The third-order valence-corrected chi connectivity index (χ3v) is 3.67. The number of hydrogen-bond donors (Lipinski definition) is 1. The molecule has 1 saturated heterocycles. The third kappa shape index (κ3) is 4.06. The van der Waals surface area contributed by atoms with Gasteiger partial charge < -0.3 is 14.7 Å². The van der Waals surface area contributed by atoms with E-state index < -0.39 is 0 Å². The molecule has 1 aliphatic rings. The van der Waals surface area contributed by atoms with Gasteiger partial charge in [-0.25, -0.2) is 0 Å². The van der Waals surface area contributed by atoms with Crippen LogP contribution >= 0.6 is 0 Å². The maximum atomic E-state index is 8.73. The van der Waals surface area contributed by atoms with Crippen LogP contribution in [0.4, 0.5) is 5.82 Å². The zero-order valence-electron chi connectivity index (χ0n) is 11.6. The van der Waals surface area contributed by atoms with Crippen LogP contribution in [-0.4, -0.2) is 41.4 Å². The van der Waals surface area contributed by atoms with E-state index in [4.69, 9.17) is 9.84 Å². The minimum Gasteiger partial charge on any atom is -0.476 e. The lowest BCUT2D eigenvalue weighted by molar-refractivity contribution is 0.229. The first-order valence-electron chi connectivity index (χ1n) is 7.14. The fraction of sp³-hybridized carbons (Fsp3) is 0.714. The van der Waals surface area contributed by atoms with Gasteiger partial charge in [-0.1, -0.05) is 13.3 Å². The van der Waals surface area contributed by atoms with Crippen LogP contribution in [0.15, 0.2) is 12.4 Å². The predicted octanol–water partition coefficient (Wildman–Crippen LogP) is 1.86. The average molecular weight is 265 g/mol. The van der Waals surface area contributed by atoms with Gasteiger partial charge in [0.25, 0.3) is 0 Å². The fourth-order valence-corrected chi connectivity index (χ4v) is 2.37.